The van der Waals surface area contributed by atoms with Crippen molar-refractivity contribution in [3.05, 3.63) is 30.6 Å². The number of aromatic nitrogens is 4. The number of hydrogen-bond acceptors (Lipinski definition) is 6. The topological polar surface area (TPSA) is 116 Å². The minimum atomic E-state index is -3.14. The van der Waals surface area contributed by atoms with Gasteiger partial charge in [0.25, 0.3) is 0 Å². The van der Waals surface area contributed by atoms with Crippen LogP contribution in [0.3, 0.4) is 0 Å². The predicted octanol–water partition coefficient (Wildman–Crippen LogP) is 2.88. The molecule has 0 radical (unpaired) electrons. The predicted molar refractivity (Wildman–Crippen MR) is 96.5 cm³/mol. The third-order valence-electron chi connectivity index (χ3n) is 3.52. The number of para-hydroxylation sites is 1. The Hall–Kier alpha value is -2.44. The fourth-order valence-corrected chi connectivity index (χ4v) is 2.98. The highest BCUT2D eigenvalue weighted by Gasteiger charge is 2.23. The number of rotatable bonds is 4. The highest BCUT2D eigenvalue weighted by Crippen LogP contribution is 2.36. The molecule has 0 aliphatic rings. The molecule has 1 atom stereocenters. The molecule has 25 heavy (non-hydrogen) atoms. The van der Waals surface area contributed by atoms with E-state index in [-0.39, 0.29) is 17.0 Å². The lowest BCUT2D eigenvalue weighted by Crippen LogP contribution is -2.16. The molecule has 132 valence electrons. The van der Waals surface area contributed by atoms with Crippen LogP contribution in [0.15, 0.2) is 30.6 Å². The number of anilines is 1. The van der Waals surface area contributed by atoms with Crippen molar-refractivity contribution < 1.29 is 14.0 Å². The zero-order valence-electron chi connectivity index (χ0n) is 14.2. The maximum Gasteiger partial charge on any atom is 0.365 e. The van der Waals surface area contributed by atoms with Crippen molar-refractivity contribution in [1.82, 2.24) is 19.5 Å². The Balaban J connectivity index is 2.28. The molecule has 1 unspecified atom stereocenters. The van der Waals surface area contributed by atoms with E-state index in [1.165, 1.54) is 6.33 Å². The van der Waals surface area contributed by atoms with Crippen molar-refractivity contribution >= 4 is 25.2 Å². The summed E-state index contributed by atoms with van der Waals surface area (Å²) >= 11 is 0. The minimum absolute atomic E-state index is 0.0532. The van der Waals surface area contributed by atoms with Gasteiger partial charge >= 0.3 is 8.25 Å². The molecule has 3 N–H and O–H groups in total. The Labute approximate surface area is 145 Å². The largest absolute Gasteiger partial charge is 0.426 e. The van der Waals surface area contributed by atoms with Gasteiger partial charge in [-0.2, -0.15) is 0 Å². The lowest BCUT2D eigenvalue weighted by Gasteiger charge is -2.21. The quantitative estimate of drug-likeness (QED) is 0.686. The number of fused-ring (bicyclic) bond motifs is 1. The first kappa shape index (κ1) is 17.4. The van der Waals surface area contributed by atoms with E-state index in [4.69, 9.17) is 10.3 Å². The second-order valence-electron chi connectivity index (χ2n) is 6.88. The summed E-state index contributed by atoms with van der Waals surface area (Å²) in [4.78, 5) is 22.1. The highest BCUT2D eigenvalue weighted by molar-refractivity contribution is 7.32. The first-order chi connectivity index (χ1) is 11.8. The monoisotopic (exact) mass is 361 g/mol. The van der Waals surface area contributed by atoms with E-state index in [0.29, 0.717) is 29.1 Å². The third-order valence-corrected chi connectivity index (χ3v) is 3.91. The van der Waals surface area contributed by atoms with Crippen LogP contribution in [0.2, 0.25) is 0 Å². The van der Waals surface area contributed by atoms with Crippen molar-refractivity contribution in [2.24, 2.45) is 5.41 Å². The van der Waals surface area contributed by atoms with Gasteiger partial charge in [0.15, 0.2) is 17.0 Å². The summed E-state index contributed by atoms with van der Waals surface area (Å²) in [6.45, 7) is 6.92. The zero-order valence-corrected chi connectivity index (χ0v) is 15.2. The van der Waals surface area contributed by atoms with Gasteiger partial charge in [0.2, 0.25) is 0 Å². The highest BCUT2D eigenvalue weighted by atomic mass is 31.1. The summed E-state index contributed by atoms with van der Waals surface area (Å²) in [5.74, 6) is 1.13. The normalized spacial score (nSPS) is 13.1. The molecule has 9 heteroatoms. The van der Waals surface area contributed by atoms with Crippen LogP contribution < -0.4 is 10.3 Å². The van der Waals surface area contributed by atoms with E-state index in [1.54, 1.807) is 18.2 Å². The minimum Gasteiger partial charge on any atom is -0.426 e. The maximum atomic E-state index is 11.2. The molecule has 0 saturated heterocycles. The number of hydrogen-bond donors (Lipinski definition) is 2. The molecule has 1 aromatic carbocycles. The Bertz CT molecular complexity index is 949. The van der Waals surface area contributed by atoms with Crippen molar-refractivity contribution in [3.63, 3.8) is 0 Å². The molecular weight excluding hydrogens is 341 g/mol. The van der Waals surface area contributed by atoms with Crippen LogP contribution in [0.1, 0.15) is 20.8 Å². The van der Waals surface area contributed by atoms with Crippen LogP contribution >= 0.6 is 8.25 Å². The van der Waals surface area contributed by atoms with Crippen LogP contribution in [-0.2, 0) is 11.1 Å². The number of nitrogens with zero attached hydrogens (tertiary/aromatic N) is 4. The van der Waals surface area contributed by atoms with E-state index < -0.39 is 8.25 Å². The molecule has 2 aromatic heterocycles. The summed E-state index contributed by atoms with van der Waals surface area (Å²) in [5.41, 5.74) is 7.61. The first-order valence-electron chi connectivity index (χ1n) is 7.73. The van der Waals surface area contributed by atoms with Crippen molar-refractivity contribution in [2.75, 3.05) is 5.73 Å². The molecule has 0 aliphatic carbocycles. The number of benzene rings is 1. The van der Waals surface area contributed by atoms with Gasteiger partial charge in [0, 0.05) is 6.54 Å². The summed E-state index contributed by atoms with van der Waals surface area (Å²) in [6, 6.07) is 6.95. The molecule has 0 fully saturated rings. The van der Waals surface area contributed by atoms with Crippen LogP contribution in [0.5, 0.6) is 5.75 Å². The second kappa shape index (κ2) is 6.46. The van der Waals surface area contributed by atoms with Gasteiger partial charge in [-0.05, 0) is 17.5 Å². The third kappa shape index (κ3) is 3.65. The van der Waals surface area contributed by atoms with E-state index in [1.807, 2.05) is 10.6 Å². The second-order valence-corrected chi connectivity index (χ2v) is 7.61. The summed E-state index contributed by atoms with van der Waals surface area (Å²) in [6.07, 6.45) is 1.40. The summed E-state index contributed by atoms with van der Waals surface area (Å²) in [7, 11) is -3.14. The Morgan fingerprint density at radius 2 is 2.00 bits per heavy atom. The molecule has 0 spiro atoms. The zero-order chi connectivity index (χ0) is 18.2. The SMILES string of the molecule is CC(C)(C)Cn1c(-c2ccccc2O[PH](=O)O)nc2c(N)ncnc21. The number of imidazole rings is 1. The van der Waals surface area contributed by atoms with Gasteiger partial charge in [-0.3, -0.25) is 0 Å². The van der Waals surface area contributed by atoms with Gasteiger partial charge in [-0.15, -0.1) is 0 Å². The Morgan fingerprint density at radius 3 is 2.68 bits per heavy atom. The van der Waals surface area contributed by atoms with E-state index in [0.717, 1.165) is 0 Å². The fraction of sp³-hybridized carbons (Fsp3) is 0.312. The Kier molecular flexibility index (Phi) is 4.49. The van der Waals surface area contributed by atoms with Crippen LogP contribution in [0, 0.1) is 5.41 Å². The van der Waals surface area contributed by atoms with Crippen molar-refractivity contribution in [1.29, 1.82) is 0 Å². The fourth-order valence-electron chi connectivity index (χ4n) is 2.62. The maximum absolute atomic E-state index is 11.2. The molecule has 0 bridgehead atoms. The average Bonchev–Trinajstić information content (AvgIpc) is 2.86. The van der Waals surface area contributed by atoms with Gasteiger partial charge in [-0.1, -0.05) is 32.9 Å². The lowest BCUT2D eigenvalue weighted by atomic mass is 9.96. The summed E-state index contributed by atoms with van der Waals surface area (Å²) < 4.78 is 18.2. The molecule has 0 amide bonds. The van der Waals surface area contributed by atoms with Gasteiger partial charge in [-0.25, -0.2) is 19.5 Å². The molecule has 2 heterocycles. The van der Waals surface area contributed by atoms with Gasteiger partial charge < -0.3 is 19.7 Å². The number of nitrogen functional groups attached to an aromatic ring is 1. The van der Waals surface area contributed by atoms with E-state index in [9.17, 15) is 9.46 Å². The van der Waals surface area contributed by atoms with Gasteiger partial charge in [0.1, 0.15) is 17.9 Å². The Morgan fingerprint density at radius 1 is 1.28 bits per heavy atom. The van der Waals surface area contributed by atoms with Gasteiger partial charge in [0.05, 0.1) is 5.56 Å². The van der Waals surface area contributed by atoms with Crippen LogP contribution in [0.25, 0.3) is 22.6 Å². The molecule has 8 nitrogen and oxygen atoms in total. The molecular formula is C16H20N5O3P. The van der Waals surface area contributed by atoms with E-state index >= 15 is 0 Å². The molecule has 3 rings (SSSR count). The lowest BCUT2D eigenvalue weighted by molar-refractivity contribution is 0.349. The van der Waals surface area contributed by atoms with Crippen LogP contribution in [0.4, 0.5) is 5.82 Å². The van der Waals surface area contributed by atoms with Crippen molar-refractivity contribution in [2.45, 2.75) is 27.3 Å². The van der Waals surface area contributed by atoms with E-state index in [2.05, 4.69) is 35.7 Å². The van der Waals surface area contributed by atoms with Crippen LogP contribution in [-0.4, -0.2) is 24.4 Å². The summed E-state index contributed by atoms with van der Waals surface area (Å²) in [5, 5.41) is 0. The van der Waals surface area contributed by atoms with Crippen molar-refractivity contribution in [3.8, 4) is 17.1 Å². The standard InChI is InChI=1S/C16H20N5O3P/c1-16(2,3)8-21-14(20-12-13(17)18-9-19-15(12)21)10-6-4-5-7-11(10)24-25(22)23/h4-7,9,25H,8H2,1-3H3,(H,22,23)(H2,17,18,19). The first-order valence-corrected chi connectivity index (χ1v) is 8.99. The smallest absolute Gasteiger partial charge is 0.365 e. The molecule has 0 saturated carbocycles. The average molecular weight is 361 g/mol. The molecule has 0 aliphatic heterocycles. The number of nitrogens with two attached hydrogens (primary N) is 1. The molecule has 3 aromatic rings.